The number of amides is 2. The second-order valence-electron chi connectivity index (χ2n) is 9.67. The molecule has 0 saturated heterocycles. The van der Waals surface area contributed by atoms with E-state index in [4.69, 9.17) is 10.2 Å². The van der Waals surface area contributed by atoms with Crippen LogP contribution < -0.4 is 16.4 Å². The molecule has 1 heterocycles. The number of benzene rings is 1. The molecule has 4 rings (SSSR count). The first-order valence-corrected chi connectivity index (χ1v) is 12.0. The number of nitrogens with two attached hydrogens (primary N) is 1. The lowest BCUT2D eigenvalue weighted by Crippen LogP contribution is -2.38. The standard InChI is InChI=1S/C26H35N3O3/c1-17-15-20(8-13-23(17)29-26(31)24-3-2-14-32-24)25(30)28-22-11-6-19(7-12-22)16-18-4-9-21(27)10-5-18/h2-3,8,13-15,18-19,21-22H,4-7,9-12,16,27H2,1H3,(H,28,30)(H,29,31). The van der Waals surface area contributed by atoms with Gasteiger partial charge in [0.2, 0.25) is 0 Å². The molecule has 2 aliphatic rings. The van der Waals surface area contributed by atoms with Gasteiger partial charge in [-0.3, -0.25) is 9.59 Å². The molecule has 0 unspecified atom stereocenters. The lowest BCUT2D eigenvalue weighted by atomic mass is 9.76. The van der Waals surface area contributed by atoms with Crippen molar-refractivity contribution in [2.45, 2.75) is 76.8 Å². The molecule has 6 heteroatoms. The van der Waals surface area contributed by atoms with Crippen LogP contribution in [0.25, 0.3) is 0 Å². The Morgan fingerprint density at radius 2 is 1.66 bits per heavy atom. The largest absolute Gasteiger partial charge is 0.459 e. The molecule has 2 saturated carbocycles. The quantitative estimate of drug-likeness (QED) is 0.590. The molecular formula is C26H35N3O3. The molecule has 0 atom stereocenters. The molecule has 32 heavy (non-hydrogen) atoms. The summed E-state index contributed by atoms with van der Waals surface area (Å²) in [5, 5.41) is 6.05. The van der Waals surface area contributed by atoms with Crippen LogP contribution in [-0.4, -0.2) is 23.9 Å². The van der Waals surface area contributed by atoms with Gasteiger partial charge in [-0.1, -0.05) is 0 Å². The summed E-state index contributed by atoms with van der Waals surface area (Å²) in [5.41, 5.74) is 8.18. The Bertz CT molecular complexity index is 908. The third-order valence-corrected chi connectivity index (χ3v) is 7.22. The van der Waals surface area contributed by atoms with Crippen LogP contribution in [0.2, 0.25) is 0 Å². The fourth-order valence-corrected chi connectivity index (χ4v) is 5.24. The van der Waals surface area contributed by atoms with E-state index in [0.29, 0.717) is 17.3 Å². The smallest absolute Gasteiger partial charge is 0.291 e. The summed E-state index contributed by atoms with van der Waals surface area (Å²) in [6.07, 6.45) is 12.2. The summed E-state index contributed by atoms with van der Waals surface area (Å²) in [6.45, 7) is 1.89. The Balaban J connectivity index is 1.24. The van der Waals surface area contributed by atoms with Crippen molar-refractivity contribution in [1.29, 1.82) is 0 Å². The second kappa shape index (κ2) is 10.3. The molecule has 1 aromatic heterocycles. The number of aryl methyl sites for hydroxylation is 1. The average Bonchev–Trinajstić information content (AvgIpc) is 3.33. The Labute approximate surface area is 190 Å². The molecule has 1 aromatic carbocycles. The molecule has 4 N–H and O–H groups in total. The minimum Gasteiger partial charge on any atom is -0.459 e. The number of carbonyl (C=O) groups excluding carboxylic acids is 2. The van der Waals surface area contributed by atoms with E-state index in [1.807, 2.05) is 13.0 Å². The average molecular weight is 438 g/mol. The van der Waals surface area contributed by atoms with Crippen molar-refractivity contribution in [2.75, 3.05) is 5.32 Å². The highest BCUT2D eigenvalue weighted by molar-refractivity contribution is 6.03. The summed E-state index contributed by atoms with van der Waals surface area (Å²) >= 11 is 0. The van der Waals surface area contributed by atoms with Gasteiger partial charge in [0.25, 0.3) is 11.8 Å². The summed E-state index contributed by atoms with van der Waals surface area (Å²) in [7, 11) is 0. The van der Waals surface area contributed by atoms with Gasteiger partial charge in [-0.25, -0.2) is 0 Å². The van der Waals surface area contributed by atoms with Crippen molar-refractivity contribution in [3.8, 4) is 0 Å². The lowest BCUT2D eigenvalue weighted by Gasteiger charge is -2.33. The minimum atomic E-state index is -0.303. The van der Waals surface area contributed by atoms with Gasteiger partial charge in [0.05, 0.1) is 6.26 Å². The van der Waals surface area contributed by atoms with Crippen molar-refractivity contribution in [2.24, 2.45) is 17.6 Å². The molecule has 0 spiro atoms. The normalized spacial score (nSPS) is 25.8. The van der Waals surface area contributed by atoms with Gasteiger partial charge in [-0.2, -0.15) is 0 Å². The van der Waals surface area contributed by atoms with Crippen LogP contribution in [0.15, 0.2) is 41.0 Å². The number of furan rings is 1. The number of rotatable bonds is 6. The Morgan fingerprint density at radius 3 is 2.28 bits per heavy atom. The van der Waals surface area contributed by atoms with E-state index in [0.717, 1.165) is 30.2 Å². The van der Waals surface area contributed by atoms with Crippen LogP contribution in [0.5, 0.6) is 0 Å². The molecule has 6 nitrogen and oxygen atoms in total. The SMILES string of the molecule is Cc1cc(C(=O)NC2CCC(CC3CCC(N)CC3)CC2)ccc1NC(=O)c1ccco1. The van der Waals surface area contributed by atoms with Gasteiger partial charge in [-0.15, -0.1) is 0 Å². The Kier molecular flexibility index (Phi) is 7.30. The van der Waals surface area contributed by atoms with Gasteiger partial charge in [0.15, 0.2) is 5.76 Å². The van der Waals surface area contributed by atoms with E-state index in [-0.39, 0.29) is 23.6 Å². The maximum absolute atomic E-state index is 12.8. The van der Waals surface area contributed by atoms with Gasteiger partial charge in [-0.05, 0) is 112 Å². The molecule has 2 amide bonds. The molecule has 0 radical (unpaired) electrons. The number of hydrogen-bond acceptors (Lipinski definition) is 4. The fourth-order valence-electron chi connectivity index (χ4n) is 5.24. The number of nitrogens with one attached hydrogen (secondary N) is 2. The van der Waals surface area contributed by atoms with Gasteiger partial charge in [0, 0.05) is 23.3 Å². The van der Waals surface area contributed by atoms with E-state index in [1.54, 1.807) is 24.3 Å². The van der Waals surface area contributed by atoms with E-state index < -0.39 is 0 Å². The van der Waals surface area contributed by atoms with E-state index in [1.165, 1.54) is 51.2 Å². The van der Waals surface area contributed by atoms with Crippen molar-refractivity contribution in [3.05, 3.63) is 53.5 Å². The third-order valence-electron chi connectivity index (χ3n) is 7.22. The molecule has 2 aliphatic carbocycles. The maximum Gasteiger partial charge on any atom is 0.291 e. The highest BCUT2D eigenvalue weighted by atomic mass is 16.3. The molecule has 0 aliphatic heterocycles. The van der Waals surface area contributed by atoms with Crippen LogP contribution in [0.3, 0.4) is 0 Å². The Hall–Kier alpha value is -2.60. The molecule has 0 bridgehead atoms. The molecule has 2 aromatic rings. The van der Waals surface area contributed by atoms with Crippen molar-refractivity contribution in [1.82, 2.24) is 5.32 Å². The van der Waals surface area contributed by atoms with Crippen molar-refractivity contribution >= 4 is 17.5 Å². The third kappa shape index (κ3) is 5.80. The van der Waals surface area contributed by atoms with Gasteiger partial charge in [0.1, 0.15) is 0 Å². The second-order valence-corrected chi connectivity index (χ2v) is 9.67. The van der Waals surface area contributed by atoms with Crippen molar-refractivity contribution in [3.63, 3.8) is 0 Å². The first kappa shape index (κ1) is 22.6. The zero-order valence-electron chi connectivity index (χ0n) is 18.9. The zero-order valence-corrected chi connectivity index (χ0v) is 18.9. The van der Waals surface area contributed by atoms with Gasteiger partial charge < -0.3 is 20.8 Å². The van der Waals surface area contributed by atoms with E-state index in [2.05, 4.69) is 10.6 Å². The minimum absolute atomic E-state index is 0.0401. The predicted molar refractivity (Wildman–Crippen MR) is 126 cm³/mol. The first-order chi connectivity index (χ1) is 15.5. The van der Waals surface area contributed by atoms with Gasteiger partial charge >= 0.3 is 0 Å². The first-order valence-electron chi connectivity index (χ1n) is 12.0. The van der Waals surface area contributed by atoms with Crippen LogP contribution in [0.1, 0.15) is 84.3 Å². The molecular weight excluding hydrogens is 402 g/mol. The monoisotopic (exact) mass is 437 g/mol. The van der Waals surface area contributed by atoms with Crippen LogP contribution >= 0.6 is 0 Å². The molecule has 2 fully saturated rings. The Morgan fingerprint density at radius 1 is 0.969 bits per heavy atom. The number of carbonyl (C=O) groups is 2. The van der Waals surface area contributed by atoms with Crippen LogP contribution in [-0.2, 0) is 0 Å². The van der Waals surface area contributed by atoms with Crippen LogP contribution in [0.4, 0.5) is 5.69 Å². The lowest BCUT2D eigenvalue weighted by molar-refractivity contribution is 0.0917. The zero-order chi connectivity index (χ0) is 22.5. The van der Waals surface area contributed by atoms with E-state index >= 15 is 0 Å². The highest BCUT2D eigenvalue weighted by Gasteiger charge is 2.27. The fraction of sp³-hybridized carbons (Fsp3) is 0.538. The van der Waals surface area contributed by atoms with Crippen LogP contribution in [0, 0.1) is 18.8 Å². The summed E-state index contributed by atoms with van der Waals surface area (Å²) in [6, 6.07) is 9.32. The summed E-state index contributed by atoms with van der Waals surface area (Å²) in [5.74, 6) is 1.56. The number of hydrogen-bond donors (Lipinski definition) is 3. The van der Waals surface area contributed by atoms with Crippen molar-refractivity contribution < 1.29 is 14.0 Å². The predicted octanol–water partition coefficient (Wildman–Crippen LogP) is 5.04. The van der Waals surface area contributed by atoms with E-state index in [9.17, 15) is 9.59 Å². The maximum atomic E-state index is 12.8. The topological polar surface area (TPSA) is 97.4 Å². The summed E-state index contributed by atoms with van der Waals surface area (Å²) in [4.78, 5) is 25.0. The number of anilines is 1. The summed E-state index contributed by atoms with van der Waals surface area (Å²) < 4.78 is 5.13. The molecule has 172 valence electrons. The highest BCUT2D eigenvalue weighted by Crippen LogP contribution is 2.35.